The predicted octanol–water partition coefficient (Wildman–Crippen LogP) is 3.87. The van der Waals surface area contributed by atoms with E-state index >= 15 is 0 Å². The van der Waals surface area contributed by atoms with Crippen molar-refractivity contribution in [1.29, 1.82) is 0 Å². The number of amidine groups is 1. The molecule has 0 aromatic carbocycles. The average Bonchev–Trinajstić information content (AvgIpc) is 3.61. The molecule has 3 N–H and O–H groups in total. The van der Waals surface area contributed by atoms with Crippen LogP contribution in [0.4, 0.5) is 10.1 Å². The van der Waals surface area contributed by atoms with Crippen LogP contribution in [-0.2, 0) is 4.74 Å². The summed E-state index contributed by atoms with van der Waals surface area (Å²) in [7, 11) is 1.74. The number of aliphatic imine (C=N–C) groups is 1. The monoisotopic (exact) mass is 443 g/mol. The minimum absolute atomic E-state index is 0.165. The molecule has 2 heterocycles. The van der Waals surface area contributed by atoms with Crippen LogP contribution in [0.5, 0.6) is 0 Å². The van der Waals surface area contributed by atoms with Crippen molar-refractivity contribution in [1.82, 2.24) is 15.6 Å². The van der Waals surface area contributed by atoms with Crippen LogP contribution < -0.4 is 16.0 Å². The fourth-order valence-corrected chi connectivity index (χ4v) is 4.67. The van der Waals surface area contributed by atoms with E-state index < -0.39 is 6.17 Å². The number of pyridine rings is 1. The minimum Gasteiger partial charge on any atom is -0.383 e. The highest BCUT2D eigenvalue weighted by Crippen LogP contribution is 2.31. The van der Waals surface area contributed by atoms with Gasteiger partial charge in [-0.2, -0.15) is 0 Å². The van der Waals surface area contributed by atoms with Crippen LogP contribution in [0.1, 0.15) is 56.7 Å². The predicted molar refractivity (Wildman–Crippen MR) is 129 cm³/mol. The average molecular weight is 444 g/mol. The molecule has 3 aliphatic rings. The molecular formula is C25H38FN5O. The van der Waals surface area contributed by atoms with Crippen molar-refractivity contribution in [3.63, 3.8) is 0 Å². The summed E-state index contributed by atoms with van der Waals surface area (Å²) in [6.45, 7) is 6.03. The van der Waals surface area contributed by atoms with Gasteiger partial charge in [-0.15, -0.1) is 0 Å². The highest BCUT2D eigenvalue weighted by atomic mass is 19.1. The smallest absolute Gasteiger partial charge is 0.145 e. The number of hydrogen-bond acceptors (Lipinski definition) is 6. The van der Waals surface area contributed by atoms with Crippen molar-refractivity contribution < 1.29 is 9.13 Å². The fraction of sp³-hybridized carbons (Fsp3) is 0.680. The summed E-state index contributed by atoms with van der Waals surface area (Å²) >= 11 is 0. The third-order valence-electron chi connectivity index (χ3n) is 6.77. The van der Waals surface area contributed by atoms with E-state index in [1.807, 2.05) is 19.1 Å². The third-order valence-corrected chi connectivity index (χ3v) is 6.77. The number of methoxy groups -OCH3 is 1. The van der Waals surface area contributed by atoms with Gasteiger partial charge in [-0.1, -0.05) is 0 Å². The Hall–Kier alpha value is -1.99. The van der Waals surface area contributed by atoms with Gasteiger partial charge in [0.15, 0.2) is 0 Å². The van der Waals surface area contributed by atoms with E-state index in [1.165, 1.54) is 12.8 Å². The first-order valence-corrected chi connectivity index (χ1v) is 12.1. The van der Waals surface area contributed by atoms with E-state index in [0.717, 1.165) is 67.5 Å². The summed E-state index contributed by atoms with van der Waals surface area (Å²) < 4.78 is 20.0. The Labute approximate surface area is 191 Å². The van der Waals surface area contributed by atoms with Gasteiger partial charge in [-0.05, 0) is 70.4 Å². The van der Waals surface area contributed by atoms with E-state index in [-0.39, 0.29) is 6.54 Å². The molecule has 7 heteroatoms. The molecule has 2 saturated carbocycles. The first-order chi connectivity index (χ1) is 15.5. The molecule has 1 aliphatic heterocycles. The van der Waals surface area contributed by atoms with Crippen molar-refractivity contribution in [2.45, 2.75) is 76.7 Å². The fourth-order valence-electron chi connectivity index (χ4n) is 4.67. The van der Waals surface area contributed by atoms with Crippen LogP contribution in [0.25, 0.3) is 5.57 Å². The van der Waals surface area contributed by atoms with Crippen LogP contribution in [0, 0.1) is 12.8 Å². The standard InChI is InChI=1S/C25H38FN5O/c1-16(15-32-3)30-20-6-8-21(9-7-20)31-25-11-22(23(26)14-29-25)19-10-24(17(2)27-13-19)28-12-18-4-5-18/h10-11,13,16,18,20-21,23,28,30H,4-9,12,14-15H2,1-3H3,(H,29,31)/t16-,20?,21?,23?/m0/s1. The number of rotatable bonds is 9. The lowest BCUT2D eigenvalue weighted by Crippen LogP contribution is -2.45. The quantitative estimate of drug-likeness (QED) is 0.541. The Morgan fingerprint density at radius 2 is 1.91 bits per heavy atom. The number of nitrogens with zero attached hydrogens (tertiary/aromatic N) is 2. The molecular weight excluding hydrogens is 405 g/mol. The van der Waals surface area contributed by atoms with Crippen LogP contribution in [0.2, 0.25) is 0 Å². The maximum Gasteiger partial charge on any atom is 0.145 e. The van der Waals surface area contributed by atoms with Gasteiger partial charge in [-0.25, -0.2) is 4.39 Å². The SMILES string of the molecule is COC[C@H](C)NC1CCC(NC2=NCC(F)C(c3cnc(C)c(NCC4CC4)c3)=C2)CC1. The zero-order valence-corrected chi connectivity index (χ0v) is 19.7. The van der Waals surface area contributed by atoms with Crippen LogP contribution >= 0.6 is 0 Å². The van der Waals surface area contributed by atoms with Crippen molar-refractivity contribution in [2.24, 2.45) is 10.9 Å². The van der Waals surface area contributed by atoms with E-state index in [9.17, 15) is 4.39 Å². The zero-order chi connectivity index (χ0) is 22.5. The summed E-state index contributed by atoms with van der Waals surface area (Å²) in [5, 5.41) is 10.7. The van der Waals surface area contributed by atoms with Crippen LogP contribution in [0.3, 0.4) is 0 Å². The van der Waals surface area contributed by atoms with E-state index in [1.54, 1.807) is 13.3 Å². The largest absolute Gasteiger partial charge is 0.383 e. The first kappa shape index (κ1) is 23.2. The molecule has 0 radical (unpaired) electrons. The number of anilines is 1. The highest BCUT2D eigenvalue weighted by molar-refractivity contribution is 6.01. The van der Waals surface area contributed by atoms with Crippen molar-refractivity contribution in [3.05, 3.63) is 29.6 Å². The Kier molecular flexibility index (Phi) is 7.79. The third kappa shape index (κ3) is 6.29. The molecule has 1 aromatic rings. The molecule has 1 aromatic heterocycles. The summed E-state index contributed by atoms with van der Waals surface area (Å²) in [5.74, 6) is 1.57. The molecule has 1 unspecified atom stereocenters. The van der Waals surface area contributed by atoms with Gasteiger partial charge in [0.2, 0.25) is 0 Å². The number of alkyl halides is 1. The Balaban J connectivity index is 1.35. The number of aryl methyl sites for hydroxylation is 1. The topological polar surface area (TPSA) is 70.6 Å². The molecule has 0 amide bonds. The molecule has 4 rings (SSSR count). The maximum absolute atomic E-state index is 14.8. The summed E-state index contributed by atoms with van der Waals surface area (Å²) in [4.78, 5) is 8.99. The number of hydrogen-bond donors (Lipinski definition) is 3. The lowest BCUT2D eigenvalue weighted by Gasteiger charge is -2.32. The van der Waals surface area contributed by atoms with E-state index in [2.05, 4.69) is 32.9 Å². The lowest BCUT2D eigenvalue weighted by molar-refractivity contribution is 0.160. The van der Waals surface area contributed by atoms with Gasteiger partial charge in [0.05, 0.1) is 24.5 Å². The van der Waals surface area contributed by atoms with Crippen molar-refractivity contribution >= 4 is 17.1 Å². The molecule has 2 fully saturated rings. The van der Waals surface area contributed by atoms with Crippen LogP contribution in [0.15, 0.2) is 23.3 Å². The number of aromatic nitrogens is 1. The lowest BCUT2D eigenvalue weighted by atomic mass is 9.90. The number of nitrogens with one attached hydrogen (secondary N) is 3. The Morgan fingerprint density at radius 3 is 2.62 bits per heavy atom. The van der Waals surface area contributed by atoms with Crippen molar-refractivity contribution in [2.75, 3.05) is 32.1 Å². The second-order valence-corrected chi connectivity index (χ2v) is 9.69. The van der Waals surface area contributed by atoms with Gasteiger partial charge in [0.25, 0.3) is 0 Å². The summed E-state index contributed by atoms with van der Waals surface area (Å²) in [5.41, 5.74) is 3.48. The summed E-state index contributed by atoms with van der Waals surface area (Å²) in [6, 6.07) is 3.33. The first-order valence-electron chi connectivity index (χ1n) is 12.1. The second kappa shape index (κ2) is 10.8. The van der Waals surface area contributed by atoms with Crippen LogP contribution in [-0.4, -0.2) is 61.9 Å². The summed E-state index contributed by atoms with van der Waals surface area (Å²) in [6.07, 6.45) is 9.59. The molecule has 2 aliphatic carbocycles. The molecule has 0 spiro atoms. The highest BCUT2D eigenvalue weighted by Gasteiger charge is 2.26. The normalized spacial score (nSPS) is 26.8. The molecule has 32 heavy (non-hydrogen) atoms. The molecule has 0 saturated heterocycles. The minimum atomic E-state index is -1.09. The number of ether oxygens (including phenoxy) is 1. The van der Waals surface area contributed by atoms with Gasteiger partial charge in [-0.3, -0.25) is 9.98 Å². The Bertz CT molecular complexity index is 830. The van der Waals surface area contributed by atoms with E-state index in [0.29, 0.717) is 23.7 Å². The molecule has 6 nitrogen and oxygen atoms in total. The van der Waals surface area contributed by atoms with E-state index in [4.69, 9.17) is 4.74 Å². The Morgan fingerprint density at radius 1 is 1.16 bits per heavy atom. The zero-order valence-electron chi connectivity index (χ0n) is 19.7. The van der Waals surface area contributed by atoms with Gasteiger partial charge in [0, 0.05) is 49.1 Å². The molecule has 176 valence electrons. The van der Waals surface area contributed by atoms with Gasteiger partial charge < -0.3 is 20.7 Å². The van der Waals surface area contributed by atoms with Gasteiger partial charge >= 0.3 is 0 Å². The number of dihydropyridines is 1. The molecule has 2 atom stereocenters. The van der Waals surface area contributed by atoms with Crippen molar-refractivity contribution in [3.8, 4) is 0 Å². The molecule has 0 bridgehead atoms. The van der Waals surface area contributed by atoms with Gasteiger partial charge in [0.1, 0.15) is 12.0 Å². The maximum atomic E-state index is 14.8. The number of halogens is 1. The second-order valence-electron chi connectivity index (χ2n) is 9.69.